The van der Waals surface area contributed by atoms with Crippen molar-refractivity contribution in [1.29, 1.82) is 0 Å². The van der Waals surface area contributed by atoms with Gasteiger partial charge in [-0.1, -0.05) is 11.8 Å². The molecule has 0 saturated heterocycles. The van der Waals surface area contributed by atoms with E-state index in [9.17, 15) is 8.42 Å². The zero-order chi connectivity index (χ0) is 14.4. The molecule has 2 N–H and O–H groups in total. The van der Waals surface area contributed by atoms with E-state index in [4.69, 9.17) is 5.11 Å². The van der Waals surface area contributed by atoms with Gasteiger partial charge in [-0.05, 0) is 36.4 Å². The molecule has 0 bridgehead atoms. The molecule has 0 saturated carbocycles. The highest BCUT2D eigenvalue weighted by molar-refractivity contribution is 7.92. The van der Waals surface area contributed by atoms with E-state index in [0.29, 0.717) is 11.3 Å². The average molecular weight is 288 g/mol. The first-order chi connectivity index (χ1) is 9.62. The molecule has 0 atom stereocenters. The van der Waals surface area contributed by atoms with Crippen molar-refractivity contribution in [3.63, 3.8) is 0 Å². The standard InChI is InChI=1S/C14H12N2O3S/c17-10-2-3-12-5-7-14(8-6-12)20(18,19)16-13-4-1-9-15-11-13/h1,4-9,11,16-17H,10H2. The quantitative estimate of drug-likeness (QED) is 0.832. The molecule has 1 aromatic heterocycles. The van der Waals surface area contributed by atoms with E-state index in [2.05, 4.69) is 21.5 Å². The Hall–Kier alpha value is -2.36. The highest BCUT2D eigenvalue weighted by Crippen LogP contribution is 2.15. The molecule has 0 spiro atoms. The number of nitrogens with one attached hydrogen (secondary N) is 1. The number of rotatable bonds is 3. The van der Waals surface area contributed by atoms with Gasteiger partial charge in [-0.15, -0.1) is 0 Å². The van der Waals surface area contributed by atoms with Gasteiger partial charge in [-0.3, -0.25) is 9.71 Å². The fourth-order valence-corrected chi connectivity index (χ4v) is 2.54. The number of aliphatic hydroxyl groups excluding tert-OH is 1. The van der Waals surface area contributed by atoms with Crippen molar-refractivity contribution in [2.75, 3.05) is 11.3 Å². The molecule has 1 heterocycles. The zero-order valence-corrected chi connectivity index (χ0v) is 11.3. The summed E-state index contributed by atoms with van der Waals surface area (Å²) < 4.78 is 26.7. The number of pyridine rings is 1. The lowest BCUT2D eigenvalue weighted by Crippen LogP contribution is -2.12. The molecule has 1 aromatic carbocycles. The maximum atomic E-state index is 12.1. The smallest absolute Gasteiger partial charge is 0.261 e. The topological polar surface area (TPSA) is 79.3 Å². The van der Waals surface area contributed by atoms with Crippen LogP contribution >= 0.6 is 0 Å². The predicted octanol–water partition coefficient (Wildman–Crippen LogP) is 1.23. The van der Waals surface area contributed by atoms with Crippen LogP contribution in [0, 0.1) is 11.8 Å². The Kier molecular flexibility index (Phi) is 4.35. The third kappa shape index (κ3) is 3.57. The summed E-state index contributed by atoms with van der Waals surface area (Å²) in [6.07, 6.45) is 2.99. The van der Waals surface area contributed by atoms with E-state index >= 15 is 0 Å². The lowest BCUT2D eigenvalue weighted by molar-refractivity contribution is 0.350. The number of aliphatic hydroxyl groups is 1. The molecule has 0 amide bonds. The number of hydrogen-bond acceptors (Lipinski definition) is 4. The number of hydrogen-bond donors (Lipinski definition) is 2. The molecule has 20 heavy (non-hydrogen) atoms. The second kappa shape index (κ2) is 6.19. The maximum Gasteiger partial charge on any atom is 0.261 e. The number of sulfonamides is 1. The number of nitrogens with zero attached hydrogens (tertiary/aromatic N) is 1. The van der Waals surface area contributed by atoms with Crippen LogP contribution in [0.2, 0.25) is 0 Å². The second-order valence-electron chi connectivity index (χ2n) is 3.83. The van der Waals surface area contributed by atoms with Crippen molar-refractivity contribution in [1.82, 2.24) is 4.98 Å². The third-order valence-corrected chi connectivity index (χ3v) is 3.79. The normalized spacial score (nSPS) is 10.4. The van der Waals surface area contributed by atoms with Crippen molar-refractivity contribution >= 4 is 15.7 Å². The van der Waals surface area contributed by atoms with Crippen LogP contribution in [0.15, 0.2) is 53.7 Å². The minimum absolute atomic E-state index is 0.135. The van der Waals surface area contributed by atoms with Gasteiger partial charge in [0.15, 0.2) is 0 Å². The molecule has 0 aliphatic heterocycles. The number of benzene rings is 1. The molecule has 102 valence electrons. The third-order valence-electron chi connectivity index (χ3n) is 2.39. The van der Waals surface area contributed by atoms with Crippen molar-refractivity contribution in [2.45, 2.75) is 4.90 Å². The Balaban J connectivity index is 2.22. The van der Waals surface area contributed by atoms with Crippen LogP contribution in [0.5, 0.6) is 0 Å². The first-order valence-corrected chi connectivity index (χ1v) is 7.23. The highest BCUT2D eigenvalue weighted by Gasteiger charge is 2.13. The Morgan fingerprint density at radius 1 is 1.20 bits per heavy atom. The Morgan fingerprint density at radius 3 is 2.55 bits per heavy atom. The lowest BCUT2D eigenvalue weighted by Gasteiger charge is -2.07. The summed E-state index contributed by atoms with van der Waals surface area (Å²) in [4.78, 5) is 3.98. The second-order valence-corrected chi connectivity index (χ2v) is 5.51. The summed E-state index contributed by atoms with van der Waals surface area (Å²) in [7, 11) is -3.64. The van der Waals surface area contributed by atoms with E-state index in [1.807, 2.05) is 0 Å². The molecular weight excluding hydrogens is 276 g/mol. The molecule has 5 nitrogen and oxygen atoms in total. The minimum atomic E-state index is -3.64. The van der Waals surface area contributed by atoms with E-state index in [1.54, 1.807) is 30.5 Å². The predicted molar refractivity (Wildman–Crippen MR) is 75.5 cm³/mol. The van der Waals surface area contributed by atoms with E-state index in [1.165, 1.54) is 18.3 Å². The summed E-state index contributed by atoms with van der Waals surface area (Å²) in [6, 6.07) is 9.35. The molecular formula is C14H12N2O3S. The highest BCUT2D eigenvalue weighted by atomic mass is 32.2. The average Bonchev–Trinajstić information content (AvgIpc) is 2.46. The maximum absolute atomic E-state index is 12.1. The van der Waals surface area contributed by atoms with Crippen LogP contribution in [0.4, 0.5) is 5.69 Å². The van der Waals surface area contributed by atoms with Gasteiger partial charge >= 0.3 is 0 Å². The first-order valence-electron chi connectivity index (χ1n) is 5.74. The number of aromatic nitrogens is 1. The summed E-state index contributed by atoms with van der Waals surface area (Å²) in [5.74, 6) is 5.19. The van der Waals surface area contributed by atoms with Crippen LogP contribution in [-0.4, -0.2) is 25.1 Å². The van der Waals surface area contributed by atoms with Gasteiger partial charge in [0.1, 0.15) is 6.61 Å². The van der Waals surface area contributed by atoms with E-state index < -0.39 is 10.0 Å². The molecule has 2 aromatic rings. The van der Waals surface area contributed by atoms with Crippen molar-refractivity contribution in [3.05, 3.63) is 54.4 Å². The molecule has 2 rings (SSSR count). The van der Waals surface area contributed by atoms with Crippen LogP contribution < -0.4 is 4.72 Å². The van der Waals surface area contributed by atoms with Crippen LogP contribution in [0.25, 0.3) is 0 Å². The molecule has 0 radical (unpaired) electrons. The lowest BCUT2D eigenvalue weighted by atomic mass is 10.2. The summed E-state index contributed by atoms with van der Waals surface area (Å²) >= 11 is 0. The molecule has 0 aliphatic carbocycles. The Labute approximate surface area is 117 Å². The van der Waals surface area contributed by atoms with Crippen molar-refractivity contribution in [2.24, 2.45) is 0 Å². The Morgan fingerprint density at radius 2 is 1.95 bits per heavy atom. The first kappa shape index (κ1) is 14.1. The summed E-state index contributed by atoms with van der Waals surface area (Å²) in [5, 5.41) is 8.59. The van der Waals surface area contributed by atoms with E-state index in [-0.39, 0.29) is 11.5 Å². The zero-order valence-electron chi connectivity index (χ0n) is 10.4. The molecule has 6 heteroatoms. The fraction of sp³-hybridized carbons (Fsp3) is 0.0714. The van der Waals surface area contributed by atoms with Gasteiger partial charge in [0.25, 0.3) is 10.0 Å². The molecule has 0 fully saturated rings. The minimum Gasteiger partial charge on any atom is -0.384 e. The van der Waals surface area contributed by atoms with Crippen molar-refractivity contribution in [3.8, 4) is 11.8 Å². The van der Waals surface area contributed by atoms with Gasteiger partial charge in [-0.25, -0.2) is 8.42 Å². The van der Waals surface area contributed by atoms with E-state index in [0.717, 1.165) is 0 Å². The van der Waals surface area contributed by atoms with Gasteiger partial charge in [-0.2, -0.15) is 0 Å². The largest absolute Gasteiger partial charge is 0.384 e. The van der Waals surface area contributed by atoms with Gasteiger partial charge in [0.05, 0.1) is 16.8 Å². The van der Waals surface area contributed by atoms with Crippen LogP contribution in [-0.2, 0) is 10.0 Å². The molecule has 0 unspecified atom stereocenters. The SMILES string of the molecule is O=S(=O)(Nc1cccnc1)c1ccc(C#CCO)cc1. The fourth-order valence-electron chi connectivity index (χ4n) is 1.50. The summed E-state index contributed by atoms with van der Waals surface area (Å²) in [6.45, 7) is -0.234. The van der Waals surface area contributed by atoms with Crippen LogP contribution in [0.3, 0.4) is 0 Å². The monoisotopic (exact) mass is 288 g/mol. The Bertz CT molecular complexity index is 729. The summed E-state index contributed by atoms with van der Waals surface area (Å²) in [5.41, 5.74) is 1.04. The van der Waals surface area contributed by atoms with Crippen LogP contribution in [0.1, 0.15) is 5.56 Å². The molecule has 0 aliphatic rings. The van der Waals surface area contributed by atoms with Gasteiger partial charge < -0.3 is 5.11 Å². The van der Waals surface area contributed by atoms with Gasteiger partial charge in [0.2, 0.25) is 0 Å². The number of anilines is 1. The van der Waals surface area contributed by atoms with Gasteiger partial charge in [0, 0.05) is 11.8 Å². The van der Waals surface area contributed by atoms with Crippen molar-refractivity contribution < 1.29 is 13.5 Å².